The average Bonchev–Trinajstić information content (AvgIpc) is 2.04. The van der Waals surface area contributed by atoms with Gasteiger partial charge in [-0.3, -0.25) is 0 Å². The molecular weight excluding hydrogens is 199 g/mol. The zero-order valence-electron chi connectivity index (χ0n) is 8.03. The van der Waals surface area contributed by atoms with Crippen LogP contribution >= 0.6 is 0 Å². The molecule has 13 heavy (non-hydrogen) atoms. The van der Waals surface area contributed by atoms with Crippen molar-refractivity contribution in [1.82, 2.24) is 0 Å². The van der Waals surface area contributed by atoms with Gasteiger partial charge in [-0.1, -0.05) is 0 Å². The van der Waals surface area contributed by atoms with E-state index in [9.17, 15) is 0 Å². The van der Waals surface area contributed by atoms with Crippen LogP contribution in [-0.4, -0.2) is 98.2 Å². The molecule has 0 bridgehead atoms. The molecule has 80 valence electrons. The van der Waals surface area contributed by atoms with Crippen molar-refractivity contribution in [3.05, 3.63) is 0 Å². The first-order valence-corrected chi connectivity index (χ1v) is 4.18. The Morgan fingerprint density at radius 1 is 0.692 bits per heavy atom. The molecule has 5 heteroatoms. The maximum absolute atomic E-state index is 8.09. The summed E-state index contributed by atoms with van der Waals surface area (Å²) in [4.78, 5) is 0. The number of hydrogen-bond donors (Lipinski definition) is 4. The molecule has 0 aromatic rings. The van der Waals surface area contributed by atoms with Gasteiger partial charge in [0.05, 0.1) is 0 Å². The van der Waals surface area contributed by atoms with E-state index in [-0.39, 0.29) is 77.8 Å². The topological polar surface area (TPSA) is 80.9 Å². The second-order valence-electron chi connectivity index (χ2n) is 1.79. The normalized spacial score (nSPS) is 6.92. The van der Waals surface area contributed by atoms with Crippen molar-refractivity contribution in [2.75, 3.05) is 26.4 Å². The van der Waals surface area contributed by atoms with Gasteiger partial charge in [0.1, 0.15) is 0 Å². The minimum atomic E-state index is 0. The Kier molecular flexibility index (Phi) is 69.2. The van der Waals surface area contributed by atoms with Gasteiger partial charge in [-0.15, -0.1) is 0 Å². The van der Waals surface area contributed by atoms with Gasteiger partial charge in [-0.05, 0) is 26.7 Å². The summed E-state index contributed by atoms with van der Waals surface area (Å²) in [6, 6.07) is 0. The van der Waals surface area contributed by atoms with Crippen molar-refractivity contribution >= 4 is 51.4 Å². The molecule has 4 nitrogen and oxygen atoms in total. The Hall–Kier alpha value is 1.48. The van der Waals surface area contributed by atoms with Gasteiger partial charge in [0.2, 0.25) is 0 Å². The molecule has 0 atom stereocenters. The molecule has 0 saturated heterocycles. The van der Waals surface area contributed by atoms with Gasteiger partial charge in [0, 0.05) is 26.4 Å². The summed E-state index contributed by atoms with van der Waals surface area (Å²) in [5.74, 6) is 0. The average molecular weight is 222 g/mol. The van der Waals surface area contributed by atoms with Crippen molar-refractivity contribution in [2.24, 2.45) is 0 Å². The first-order valence-electron chi connectivity index (χ1n) is 4.18. The second-order valence-corrected chi connectivity index (χ2v) is 1.79. The van der Waals surface area contributed by atoms with Crippen LogP contribution in [0.1, 0.15) is 26.7 Å². The van der Waals surface area contributed by atoms with Gasteiger partial charge >= 0.3 is 51.4 Å². The summed E-state index contributed by atoms with van der Waals surface area (Å²) in [5.41, 5.74) is 0. The Balaban J connectivity index is -0.0000000501. The van der Waals surface area contributed by atoms with Gasteiger partial charge in [-0.25, -0.2) is 0 Å². The molecular formula is C8H23KO4. The SMILES string of the molecule is CCO.CCO.OCCCCO.[KH]. The Morgan fingerprint density at radius 3 is 0.923 bits per heavy atom. The molecule has 0 heterocycles. The molecule has 0 aliphatic heterocycles. The Morgan fingerprint density at radius 2 is 0.846 bits per heavy atom. The van der Waals surface area contributed by atoms with Crippen LogP contribution in [0.15, 0.2) is 0 Å². The number of rotatable bonds is 3. The van der Waals surface area contributed by atoms with Crippen molar-refractivity contribution in [3.63, 3.8) is 0 Å². The van der Waals surface area contributed by atoms with Crippen molar-refractivity contribution in [2.45, 2.75) is 26.7 Å². The van der Waals surface area contributed by atoms with E-state index in [1.807, 2.05) is 0 Å². The number of unbranched alkanes of at least 4 members (excludes halogenated alkanes) is 1. The third kappa shape index (κ3) is 88.6. The van der Waals surface area contributed by atoms with Crippen molar-refractivity contribution < 1.29 is 20.4 Å². The van der Waals surface area contributed by atoms with Gasteiger partial charge < -0.3 is 20.4 Å². The Bertz CT molecular complexity index is 41.1. The van der Waals surface area contributed by atoms with Gasteiger partial charge in [0.25, 0.3) is 0 Å². The summed E-state index contributed by atoms with van der Waals surface area (Å²) in [5, 5.41) is 31.3. The standard InChI is InChI=1S/C4H10O2.2C2H6O.K.H/c5-3-1-2-4-6;2*1-2-3;;/h5-6H,1-4H2;2*3H,2H2,1H3;;. The van der Waals surface area contributed by atoms with Gasteiger partial charge in [0.15, 0.2) is 0 Å². The Labute approximate surface area is 123 Å². The maximum atomic E-state index is 8.09. The summed E-state index contributed by atoms with van der Waals surface area (Å²) in [7, 11) is 0. The number of hydrogen-bond acceptors (Lipinski definition) is 4. The minimum absolute atomic E-state index is 0. The fourth-order valence-electron chi connectivity index (χ4n) is 0.224. The van der Waals surface area contributed by atoms with Crippen molar-refractivity contribution in [1.29, 1.82) is 0 Å². The molecule has 0 saturated carbocycles. The molecule has 4 N–H and O–H groups in total. The van der Waals surface area contributed by atoms with Crippen LogP contribution in [0.5, 0.6) is 0 Å². The zero-order chi connectivity index (χ0) is 10.2. The summed E-state index contributed by atoms with van der Waals surface area (Å²) < 4.78 is 0. The molecule has 0 spiro atoms. The van der Waals surface area contributed by atoms with Crippen LogP contribution in [0.25, 0.3) is 0 Å². The summed E-state index contributed by atoms with van der Waals surface area (Å²) in [6.45, 7) is 4.25. The first kappa shape index (κ1) is 24.0. The molecule has 0 aromatic heterocycles. The van der Waals surface area contributed by atoms with E-state index in [1.54, 1.807) is 13.8 Å². The molecule has 0 radical (unpaired) electrons. The molecule has 0 rings (SSSR count). The zero-order valence-corrected chi connectivity index (χ0v) is 8.03. The molecule has 0 aliphatic carbocycles. The fraction of sp³-hybridized carbons (Fsp3) is 1.00. The number of aliphatic hydroxyl groups is 4. The predicted molar refractivity (Wildman–Crippen MR) is 56.1 cm³/mol. The van der Waals surface area contributed by atoms with Crippen molar-refractivity contribution in [3.8, 4) is 0 Å². The third-order valence-corrected chi connectivity index (χ3v) is 0.566. The van der Waals surface area contributed by atoms with E-state index >= 15 is 0 Å². The van der Waals surface area contributed by atoms with E-state index in [0.29, 0.717) is 0 Å². The quantitative estimate of drug-likeness (QED) is 0.368. The molecule has 0 amide bonds. The van der Waals surface area contributed by atoms with Crippen LogP contribution in [-0.2, 0) is 0 Å². The van der Waals surface area contributed by atoms with E-state index < -0.39 is 0 Å². The first-order chi connectivity index (χ1) is 5.74. The molecule has 0 unspecified atom stereocenters. The van der Waals surface area contributed by atoms with E-state index in [0.717, 1.165) is 12.8 Å². The van der Waals surface area contributed by atoms with E-state index in [2.05, 4.69) is 0 Å². The van der Waals surface area contributed by atoms with Crippen LogP contribution in [0.3, 0.4) is 0 Å². The van der Waals surface area contributed by atoms with Crippen LogP contribution < -0.4 is 0 Å². The van der Waals surface area contributed by atoms with Crippen LogP contribution in [0.2, 0.25) is 0 Å². The van der Waals surface area contributed by atoms with E-state index in [1.165, 1.54) is 0 Å². The number of aliphatic hydroxyl groups excluding tert-OH is 4. The van der Waals surface area contributed by atoms with Gasteiger partial charge in [-0.2, -0.15) is 0 Å². The van der Waals surface area contributed by atoms with E-state index in [4.69, 9.17) is 20.4 Å². The molecule has 0 fully saturated rings. The fourth-order valence-corrected chi connectivity index (χ4v) is 0.224. The second kappa shape index (κ2) is 37.5. The predicted octanol–water partition coefficient (Wildman–Crippen LogP) is -0.900. The van der Waals surface area contributed by atoms with Crippen LogP contribution in [0, 0.1) is 0 Å². The summed E-state index contributed by atoms with van der Waals surface area (Å²) in [6.07, 6.45) is 1.44. The molecule has 0 aromatic carbocycles. The molecule has 0 aliphatic rings. The summed E-state index contributed by atoms with van der Waals surface area (Å²) >= 11 is 0. The third-order valence-electron chi connectivity index (χ3n) is 0.566. The monoisotopic (exact) mass is 222 g/mol. The van der Waals surface area contributed by atoms with Crippen LogP contribution in [0.4, 0.5) is 0 Å².